The molecule has 0 unspecified atom stereocenters. The van der Waals surface area contributed by atoms with Gasteiger partial charge in [0.15, 0.2) is 5.58 Å². The molecule has 3 heterocycles. The van der Waals surface area contributed by atoms with E-state index >= 15 is 0 Å². The summed E-state index contributed by atoms with van der Waals surface area (Å²) in [5.41, 5.74) is 3.18. The molecule has 0 aromatic carbocycles. The van der Waals surface area contributed by atoms with E-state index in [-0.39, 0.29) is 24.4 Å². The van der Waals surface area contributed by atoms with Crippen molar-refractivity contribution in [3.8, 4) is 0 Å². The molecular weight excluding hydrogens is 396 g/mol. The molecule has 0 radical (unpaired) electrons. The molecule has 0 saturated carbocycles. The fourth-order valence-electron chi connectivity index (χ4n) is 3.86. The number of ether oxygens (including phenoxy) is 4. The number of aromatic nitrogens is 2. The summed E-state index contributed by atoms with van der Waals surface area (Å²) < 4.78 is 31.0. The molecule has 1 aliphatic rings. The second-order valence-corrected chi connectivity index (χ2v) is 8.23. The van der Waals surface area contributed by atoms with E-state index in [1.54, 1.807) is 12.6 Å². The van der Waals surface area contributed by atoms with Crippen LogP contribution in [0, 0.1) is 6.92 Å². The highest BCUT2D eigenvalue weighted by atomic mass is 16.6. The molecule has 1 aliphatic heterocycles. The van der Waals surface area contributed by atoms with E-state index in [1.807, 2.05) is 6.92 Å². The van der Waals surface area contributed by atoms with Crippen LogP contribution in [-0.4, -0.2) is 54.7 Å². The van der Waals surface area contributed by atoms with Gasteiger partial charge in [0, 0.05) is 25.4 Å². The highest BCUT2D eigenvalue weighted by Gasteiger charge is 2.48. The summed E-state index contributed by atoms with van der Waals surface area (Å²) in [4.78, 5) is 8.72. The van der Waals surface area contributed by atoms with Crippen molar-refractivity contribution in [1.82, 2.24) is 9.97 Å². The maximum Gasteiger partial charge on any atom is 0.173 e. The maximum atomic E-state index is 6.53. The molecule has 2 aromatic rings. The van der Waals surface area contributed by atoms with Gasteiger partial charge in [-0.1, -0.05) is 40.0 Å². The Morgan fingerprint density at radius 1 is 0.903 bits per heavy atom. The van der Waals surface area contributed by atoms with E-state index in [1.165, 1.54) is 0 Å². The van der Waals surface area contributed by atoms with Gasteiger partial charge in [0.25, 0.3) is 0 Å². The smallest absolute Gasteiger partial charge is 0.173 e. The minimum atomic E-state index is -0.321. The fourth-order valence-corrected chi connectivity index (χ4v) is 3.86. The molecule has 4 atom stereocenters. The minimum absolute atomic E-state index is 0.192. The van der Waals surface area contributed by atoms with Crippen LogP contribution in [-0.2, 0) is 18.9 Å². The third kappa shape index (κ3) is 6.04. The summed E-state index contributed by atoms with van der Waals surface area (Å²) in [5.74, 6) is 0. The van der Waals surface area contributed by atoms with Crippen LogP contribution in [0.15, 0.2) is 17.0 Å². The van der Waals surface area contributed by atoms with Gasteiger partial charge in [-0.2, -0.15) is 0 Å². The van der Waals surface area contributed by atoms with Crippen molar-refractivity contribution in [1.29, 1.82) is 0 Å². The fraction of sp³-hybridized carbons (Fsp3) is 0.750. The van der Waals surface area contributed by atoms with Crippen LogP contribution < -0.4 is 0 Å². The highest BCUT2D eigenvalue weighted by Crippen LogP contribution is 2.40. The largest absolute Gasteiger partial charge is 0.460 e. The number of furan rings is 1. The van der Waals surface area contributed by atoms with Crippen LogP contribution in [0.25, 0.3) is 11.1 Å². The van der Waals surface area contributed by atoms with E-state index in [0.717, 1.165) is 61.9 Å². The van der Waals surface area contributed by atoms with Gasteiger partial charge >= 0.3 is 0 Å². The molecule has 1 saturated heterocycles. The highest BCUT2D eigenvalue weighted by molar-refractivity contribution is 5.78. The Kier molecular flexibility index (Phi) is 9.71. The Morgan fingerprint density at radius 3 is 2.29 bits per heavy atom. The summed E-state index contributed by atoms with van der Waals surface area (Å²) in [5, 5.41) is 0. The van der Waals surface area contributed by atoms with E-state index in [0.29, 0.717) is 25.4 Å². The molecule has 0 spiro atoms. The lowest BCUT2D eigenvalue weighted by Crippen LogP contribution is -2.38. The van der Waals surface area contributed by atoms with Crippen molar-refractivity contribution >= 4 is 11.1 Å². The lowest BCUT2D eigenvalue weighted by atomic mass is 10.0. The summed E-state index contributed by atoms with van der Waals surface area (Å²) in [6.07, 6.45) is 8.66. The molecule has 0 N–H and O–H groups in total. The Morgan fingerprint density at radius 2 is 1.58 bits per heavy atom. The molecule has 0 amide bonds. The van der Waals surface area contributed by atoms with Crippen LogP contribution in [0.5, 0.6) is 0 Å². The lowest BCUT2D eigenvalue weighted by Gasteiger charge is -2.25. The third-order valence-electron chi connectivity index (χ3n) is 5.72. The van der Waals surface area contributed by atoms with Gasteiger partial charge in [-0.15, -0.1) is 0 Å². The number of hydrogen-bond donors (Lipinski definition) is 0. The standard InChI is InChI=1S/C24H38N2O5/c1-5-8-11-27-15-19-23(28-12-9-6-2)24(29-13-10-7-3)22(31-19)18-14-30-21-17(4)25-16-26-20(18)21/h14,16,19,22-24H,5-13,15H2,1-4H3/t19-,22-,23-,24+/m1/s1. The Hall–Kier alpha value is -1.54. The number of nitrogens with zero attached hydrogens (tertiary/aromatic N) is 2. The third-order valence-corrected chi connectivity index (χ3v) is 5.72. The summed E-state index contributed by atoms with van der Waals surface area (Å²) in [6, 6.07) is 0. The number of rotatable bonds is 14. The lowest BCUT2D eigenvalue weighted by molar-refractivity contribution is -0.0795. The van der Waals surface area contributed by atoms with Crippen molar-refractivity contribution in [2.24, 2.45) is 0 Å². The van der Waals surface area contributed by atoms with Crippen LogP contribution in [0.2, 0.25) is 0 Å². The first-order valence-electron chi connectivity index (χ1n) is 11.9. The van der Waals surface area contributed by atoms with Crippen molar-refractivity contribution in [2.75, 3.05) is 26.4 Å². The van der Waals surface area contributed by atoms with Crippen LogP contribution in [0.1, 0.15) is 76.7 Å². The predicted octanol–water partition coefficient (Wildman–Crippen LogP) is 5.16. The molecule has 3 rings (SSSR count). The second-order valence-electron chi connectivity index (χ2n) is 8.23. The normalized spacial score (nSPS) is 23.7. The van der Waals surface area contributed by atoms with E-state index in [9.17, 15) is 0 Å². The minimum Gasteiger partial charge on any atom is -0.460 e. The van der Waals surface area contributed by atoms with Crippen molar-refractivity contribution in [3.63, 3.8) is 0 Å². The predicted molar refractivity (Wildman–Crippen MR) is 119 cm³/mol. The Labute approximate surface area is 185 Å². The first-order chi connectivity index (χ1) is 15.2. The van der Waals surface area contributed by atoms with Gasteiger partial charge in [-0.25, -0.2) is 9.97 Å². The SMILES string of the molecule is CCCCOC[C@H]1O[C@H](c2coc3c(C)ncnc23)[C@H](OCCCC)[C@@H]1OCCCC. The molecule has 7 nitrogen and oxygen atoms in total. The zero-order valence-electron chi connectivity index (χ0n) is 19.5. The monoisotopic (exact) mass is 434 g/mol. The summed E-state index contributed by atoms with van der Waals surface area (Å²) >= 11 is 0. The quantitative estimate of drug-likeness (QED) is 0.380. The molecule has 31 heavy (non-hydrogen) atoms. The van der Waals surface area contributed by atoms with Gasteiger partial charge in [-0.05, 0) is 26.2 Å². The Bertz CT molecular complexity index is 780. The van der Waals surface area contributed by atoms with Crippen LogP contribution in [0.3, 0.4) is 0 Å². The van der Waals surface area contributed by atoms with Gasteiger partial charge in [-0.3, -0.25) is 0 Å². The number of unbranched alkanes of at least 4 members (excludes halogenated alkanes) is 3. The van der Waals surface area contributed by atoms with Crippen LogP contribution >= 0.6 is 0 Å². The molecular formula is C24H38N2O5. The number of fused-ring (bicyclic) bond motifs is 1. The van der Waals surface area contributed by atoms with E-state index < -0.39 is 0 Å². The maximum absolute atomic E-state index is 6.53. The molecule has 2 aromatic heterocycles. The van der Waals surface area contributed by atoms with Gasteiger partial charge in [0.1, 0.15) is 36.3 Å². The molecule has 0 aliphatic carbocycles. The summed E-state index contributed by atoms with van der Waals surface area (Å²) in [7, 11) is 0. The second kappa shape index (κ2) is 12.5. The average Bonchev–Trinajstić information content (AvgIpc) is 3.34. The van der Waals surface area contributed by atoms with Gasteiger partial charge in [0.2, 0.25) is 0 Å². The molecule has 0 bridgehead atoms. The molecule has 174 valence electrons. The average molecular weight is 435 g/mol. The first-order valence-corrected chi connectivity index (χ1v) is 11.9. The van der Waals surface area contributed by atoms with Gasteiger partial charge < -0.3 is 23.4 Å². The topological polar surface area (TPSA) is 75.8 Å². The zero-order valence-corrected chi connectivity index (χ0v) is 19.5. The van der Waals surface area contributed by atoms with Gasteiger partial charge in [0.05, 0.1) is 18.6 Å². The van der Waals surface area contributed by atoms with Crippen molar-refractivity contribution in [2.45, 2.75) is 90.6 Å². The molecule has 1 fully saturated rings. The van der Waals surface area contributed by atoms with Crippen molar-refractivity contribution < 1.29 is 23.4 Å². The zero-order chi connectivity index (χ0) is 22.1. The van der Waals surface area contributed by atoms with E-state index in [4.69, 9.17) is 23.4 Å². The first kappa shape index (κ1) is 24.1. The number of aryl methyl sites for hydroxylation is 1. The Balaban J connectivity index is 1.85. The molecule has 7 heteroatoms. The summed E-state index contributed by atoms with van der Waals surface area (Å²) in [6.45, 7) is 11.0. The van der Waals surface area contributed by atoms with E-state index in [2.05, 4.69) is 30.7 Å². The van der Waals surface area contributed by atoms with Crippen molar-refractivity contribution in [3.05, 3.63) is 23.8 Å². The van der Waals surface area contributed by atoms with Crippen LogP contribution in [0.4, 0.5) is 0 Å². The number of hydrogen-bond acceptors (Lipinski definition) is 7.